The van der Waals surface area contributed by atoms with Crippen molar-refractivity contribution in [2.24, 2.45) is 0 Å². The third kappa shape index (κ3) is 12.8. The third-order valence-electron chi connectivity index (χ3n) is 4.75. The van der Waals surface area contributed by atoms with Crippen molar-refractivity contribution in [3.05, 3.63) is 0 Å². The van der Waals surface area contributed by atoms with Crippen LogP contribution in [0.5, 0.6) is 0 Å². The van der Waals surface area contributed by atoms with Gasteiger partial charge in [-0.25, -0.2) is 0 Å². The van der Waals surface area contributed by atoms with Gasteiger partial charge in [0.05, 0.1) is 0 Å². The van der Waals surface area contributed by atoms with E-state index in [9.17, 15) is 0 Å². The summed E-state index contributed by atoms with van der Waals surface area (Å²) >= 11 is 0. The molecule has 0 aromatic rings. The molecule has 114 valence electrons. The molecule has 0 N–H and O–H groups in total. The molecule has 0 heterocycles. The summed E-state index contributed by atoms with van der Waals surface area (Å²) in [4.78, 5) is 0. The highest BCUT2D eigenvalue weighted by atomic mass is 14.0. The van der Waals surface area contributed by atoms with Crippen molar-refractivity contribution >= 4 is 0 Å². The van der Waals surface area contributed by atoms with Gasteiger partial charge in [-0.2, -0.15) is 0 Å². The van der Waals surface area contributed by atoms with E-state index in [1.807, 2.05) is 0 Å². The van der Waals surface area contributed by atoms with E-state index in [2.05, 4.69) is 0 Å². The van der Waals surface area contributed by atoms with E-state index in [1.54, 1.807) is 0 Å². The molecule has 0 heteroatoms. The van der Waals surface area contributed by atoms with Gasteiger partial charge in [-0.15, -0.1) is 0 Å². The Balaban J connectivity index is 0.000000147. The maximum absolute atomic E-state index is 1.50. The molecule has 3 rings (SSSR count). The van der Waals surface area contributed by atoms with Crippen LogP contribution in [-0.4, -0.2) is 0 Å². The lowest BCUT2D eigenvalue weighted by Crippen LogP contribution is -1.85. The topological polar surface area (TPSA) is 0 Å². The summed E-state index contributed by atoms with van der Waals surface area (Å²) in [6, 6.07) is 0. The fourth-order valence-corrected chi connectivity index (χ4v) is 3.36. The van der Waals surface area contributed by atoms with Crippen molar-refractivity contribution in [2.75, 3.05) is 0 Å². The first-order valence-electron chi connectivity index (χ1n) is 9.50. The maximum atomic E-state index is 1.50. The minimum atomic E-state index is 1.50. The molecule has 0 aromatic carbocycles. The zero-order chi connectivity index (χ0) is 13.4. The van der Waals surface area contributed by atoms with Gasteiger partial charge in [0, 0.05) is 0 Å². The van der Waals surface area contributed by atoms with Crippen LogP contribution < -0.4 is 0 Å². The zero-order valence-electron chi connectivity index (χ0n) is 13.4. The van der Waals surface area contributed by atoms with Crippen molar-refractivity contribution in [2.45, 2.75) is 122 Å². The lowest BCUT2D eigenvalue weighted by atomic mass is 10.0. The summed E-state index contributed by atoms with van der Waals surface area (Å²) in [5, 5.41) is 0. The summed E-state index contributed by atoms with van der Waals surface area (Å²) in [6.45, 7) is 0. The summed E-state index contributed by atoms with van der Waals surface area (Å²) in [5.74, 6) is 0. The Morgan fingerprint density at radius 1 is 0.105 bits per heavy atom. The van der Waals surface area contributed by atoms with Crippen molar-refractivity contribution < 1.29 is 0 Å². The second-order valence-corrected chi connectivity index (χ2v) is 6.72. The number of hydrogen-bond acceptors (Lipinski definition) is 0. The fraction of sp³-hybridized carbons (Fsp3) is 1.00. The van der Waals surface area contributed by atoms with E-state index in [1.165, 1.54) is 122 Å². The number of rotatable bonds is 0. The maximum Gasteiger partial charge on any atom is -0.0533 e. The predicted octanol–water partition coefficient (Wildman–Crippen LogP) is 7.41. The molecule has 0 unspecified atom stereocenters. The molecule has 0 aromatic heterocycles. The van der Waals surface area contributed by atoms with Crippen molar-refractivity contribution in [3.63, 3.8) is 0 Å². The van der Waals surface area contributed by atoms with Crippen molar-refractivity contribution in [1.29, 1.82) is 0 Å². The van der Waals surface area contributed by atoms with Crippen molar-refractivity contribution in [3.8, 4) is 0 Å². The third-order valence-corrected chi connectivity index (χ3v) is 4.75. The first-order valence-corrected chi connectivity index (χ1v) is 9.50. The first kappa shape index (κ1) is 17.1. The first-order chi connectivity index (χ1) is 9.50. The lowest BCUT2D eigenvalue weighted by molar-refractivity contribution is 0.504. The van der Waals surface area contributed by atoms with Crippen LogP contribution in [0, 0.1) is 0 Å². The molecule has 3 fully saturated rings. The Morgan fingerprint density at radius 3 is 0.211 bits per heavy atom. The summed E-state index contributed by atoms with van der Waals surface area (Å²) in [7, 11) is 0. The summed E-state index contributed by atoms with van der Waals surface area (Å²) in [5.41, 5.74) is 0. The Morgan fingerprint density at radius 2 is 0.158 bits per heavy atom. The molecule has 19 heavy (non-hydrogen) atoms. The highest BCUT2D eigenvalue weighted by Gasteiger charge is 1.96. The summed E-state index contributed by atoms with van der Waals surface area (Å²) < 4.78 is 0. The molecule has 0 radical (unpaired) electrons. The number of hydrogen-bond donors (Lipinski definition) is 0. The molecule has 3 aliphatic carbocycles. The Hall–Kier alpha value is 0. The van der Waals surface area contributed by atoms with Gasteiger partial charge in [-0.1, -0.05) is 122 Å². The van der Waals surface area contributed by atoms with Gasteiger partial charge in [0.25, 0.3) is 0 Å². The van der Waals surface area contributed by atoms with Crippen LogP contribution in [0.4, 0.5) is 0 Å². The van der Waals surface area contributed by atoms with Crippen LogP contribution in [0.3, 0.4) is 0 Å². The SMILES string of the molecule is C1CCCC1.C1CCCCC1.C1CCCCCCC1. The molecular weight excluding hydrogens is 228 g/mol. The fourth-order valence-electron chi connectivity index (χ4n) is 3.36. The van der Waals surface area contributed by atoms with Gasteiger partial charge in [0.15, 0.2) is 0 Å². The quantitative estimate of drug-likeness (QED) is 0.428. The van der Waals surface area contributed by atoms with Crippen LogP contribution in [0.25, 0.3) is 0 Å². The molecule has 0 atom stereocenters. The molecule has 3 aliphatic rings. The minimum Gasteiger partial charge on any atom is -0.0533 e. The Kier molecular flexibility index (Phi) is 12.9. The molecular formula is C19H38. The van der Waals surface area contributed by atoms with Gasteiger partial charge in [-0.05, 0) is 0 Å². The van der Waals surface area contributed by atoms with Crippen LogP contribution in [-0.2, 0) is 0 Å². The van der Waals surface area contributed by atoms with Gasteiger partial charge >= 0.3 is 0 Å². The predicted molar refractivity (Wildman–Crippen MR) is 87.7 cm³/mol. The normalized spacial score (nSPS) is 24.0. The van der Waals surface area contributed by atoms with Crippen molar-refractivity contribution in [1.82, 2.24) is 0 Å². The Bertz CT molecular complexity index is 110. The monoisotopic (exact) mass is 266 g/mol. The molecule has 0 bridgehead atoms. The zero-order valence-corrected chi connectivity index (χ0v) is 13.4. The standard InChI is InChI=1S/C8H16.C6H12.C5H10/c1-2-4-6-8-7-5-3-1;1-2-4-6-5-3-1;1-2-4-5-3-1/h1-8H2;1-6H2;1-5H2. The molecule has 0 spiro atoms. The van der Waals surface area contributed by atoms with Crippen LogP contribution >= 0.6 is 0 Å². The van der Waals surface area contributed by atoms with Crippen LogP contribution in [0.1, 0.15) is 122 Å². The second kappa shape index (κ2) is 14.4. The molecule has 0 aliphatic heterocycles. The van der Waals surface area contributed by atoms with E-state index in [4.69, 9.17) is 0 Å². The second-order valence-electron chi connectivity index (χ2n) is 6.72. The molecule has 0 nitrogen and oxygen atoms in total. The van der Waals surface area contributed by atoms with Gasteiger partial charge in [0.2, 0.25) is 0 Å². The minimum absolute atomic E-state index is 1.50. The Labute approximate surface area is 122 Å². The van der Waals surface area contributed by atoms with Gasteiger partial charge in [-0.3, -0.25) is 0 Å². The van der Waals surface area contributed by atoms with Crippen LogP contribution in [0.2, 0.25) is 0 Å². The molecule has 0 amide bonds. The van der Waals surface area contributed by atoms with Gasteiger partial charge in [0.1, 0.15) is 0 Å². The summed E-state index contributed by atoms with van der Waals surface area (Å²) in [6.07, 6.45) is 28.5. The largest absolute Gasteiger partial charge is 0.0533 e. The van der Waals surface area contributed by atoms with E-state index >= 15 is 0 Å². The highest BCUT2D eigenvalue weighted by Crippen LogP contribution is 2.16. The van der Waals surface area contributed by atoms with E-state index in [-0.39, 0.29) is 0 Å². The average Bonchev–Trinajstić information content (AvgIpc) is 3.00. The lowest BCUT2D eigenvalue weighted by Gasteiger charge is -2.05. The average molecular weight is 267 g/mol. The molecule has 3 saturated carbocycles. The van der Waals surface area contributed by atoms with Gasteiger partial charge < -0.3 is 0 Å². The highest BCUT2D eigenvalue weighted by molar-refractivity contribution is 4.52. The van der Waals surface area contributed by atoms with E-state index in [0.29, 0.717) is 0 Å². The van der Waals surface area contributed by atoms with E-state index < -0.39 is 0 Å². The molecule has 0 saturated heterocycles. The van der Waals surface area contributed by atoms with E-state index in [0.717, 1.165) is 0 Å². The smallest absolute Gasteiger partial charge is 0.0533 e. The van der Waals surface area contributed by atoms with Crippen LogP contribution in [0.15, 0.2) is 0 Å².